The molecule has 1 aliphatic carbocycles. The minimum absolute atomic E-state index is 0.355. The molecule has 1 N–H and O–H groups in total. The van der Waals surface area contributed by atoms with E-state index in [0.717, 1.165) is 24.5 Å². The molecular formula is C14H15N3. The first kappa shape index (κ1) is 10.3. The average molecular weight is 225 g/mol. The van der Waals surface area contributed by atoms with Gasteiger partial charge in [0, 0.05) is 11.9 Å². The molecule has 0 unspecified atom stereocenters. The van der Waals surface area contributed by atoms with Gasteiger partial charge in [-0.05, 0) is 37.0 Å². The number of fused-ring (bicyclic) bond motifs is 1. The fraction of sp³-hybridized carbons (Fsp3) is 0.286. The van der Waals surface area contributed by atoms with Crippen LogP contribution in [-0.2, 0) is 6.42 Å². The molecule has 86 valence electrons. The van der Waals surface area contributed by atoms with E-state index in [1.54, 1.807) is 6.20 Å². The zero-order valence-electron chi connectivity index (χ0n) is 9.85. The van der Waals surface area contributed by atoms with Gasteiger partial charge >= 0.3 is 0 Å². The molecule has 2 aromatic rings. The van der Waals surface area contributed by atoms with Crippen molar-refractivity contribution in [3.05, 3.63) is 53.3 Å². The first-order valence-electron chi connectivity index (χ1n) is 5.97. The number of hydrogen-bond donors (Lipinski definition) is 1. The van der Waals surface area contributed by atoms with Gasteiger partial charge in [-0.25, -0.2) is 9.97 Å². The van der Waals surface area contributed by atoms with Crippen LogP contribution in [0.2, 0.25) is 0 Å². The van der Waals surface area contributed by atoms with Crippen molar-refractivity contribution in [2.24, 2.45) is 0 Å². The summed E-state index contributed by atoms with van der Waals surface area (Å²) in [5.41, 5.74) is 3.82. The third kappa shape index (κ3) is 2.00. The van der Waals surface area contributed by atoms with Crippen LogP contribution in [0.4, 0.5) is 5.95 Å². The van der Waals surface area contributed by atoms with Crippen LogP contribution in [0, 0.1) is 6.92 Å². The number of benzene rings is 1. The van der Waals surface area contributed by atoms with Gasteiger partial charge in [0.25, 0.3) is 0 Å². The van der Waals surface area contributed by atoms with E-state index in [2.05, 4.69) is 39.6 Å². The molecule has 0 fully saturated rings. The summed E-state index contributed by atoms with van der Waals surface area (Å²) in [6.45, 7) is 1.98. The van der Waals surface area contributed by atoms with Crippen LogP contribution in [0.1, 0.15) is 29.3 Å². The summed E-state index contributed by atoms with van der Waals surface area (Å²) in [7, 11) is 0. The number of nitrogens with one attached hydrogen (secondary N) is 1. The normalized spacial score (nSPS) is 17.8. The second-order valence-electron chi connectivity index (χ2n) is 4.46. The van der Waals surface area contributed by atoms with E-state index in [9.17, 15) is 0 Å². The minimum atomic E-state index is 0.355. The molecule has 0 saturated carbocycles. The summed E-state index contributed by atoms with van der Waals surface area (Å²) in [5, 5.41) is 3.42. The SMILES string of the molecule is Cc1ccnc(N[C@H]2CCc3ccccc32)n1. The van der Waals surface area contributed by atoms with E-state index in [0.29, 0.717) is 6.04 Å². The second-order valence-corrected chi connectivity index (χ2v) is 4.46. The van der Waals surface area contributed by atoms with E-state index in [4.69, 9.17) is 0 Å². The second kappa shape index (κ2) is 4.17. The maximum absolute atomic E-state index is 4.39. The summed E-state index contributed by atoms with van der Waals surface area (Å²) in [5.74, 6) is 0.728. The summed E-state index contributed by atoms with van der Waals surface area (Å²) in [4.78, 5) is 8.64. The zero-order chi connectivity index (χ0) is 11.7. The number of hydrogen-bond acceptors (Lipinski definition) is 3. The molecule has 0 spiro atoms. The number of aromatic nitrogens is 2. The van der Waals surface area contributed by atoms with Gasteiger partial charge in [0.15, 0.2) is 0 Å². The van der Waals surface area contributed by atoms with Crippen LogP contribution in [-0.4, -0.2) is 9.97 Å². The van der Waals surface area contributed by atoms with Gasteiger partial charge in [0.2, 0.25) is 5.95 Å². The topological polar surface area (TPSA) is 37.8 Å². The Hall–Kier alpha value is -1.90. The van der Waals surface area contributed by atoms with Gasteiger partial charge in [-0.1, -0.05) is 24.3 Å². The summed E-state index contributed by atoms with van der Waals surface area (Å²) in [6, 6.07) is 10.9. The highest BCUT2D eigenvalue weighted by Gasteiger charge is 2.22. The molecule has 17 heavy (non-hydrogen) atoms. The molecule has 0 amide bonds. The van der Waals surface area contributed by atoms with Crippen LogP contribution in [0.15, 0.2) is 36.5 Å². The lowest BCUT2D eigenvalue weighted by molar-refractivity contribution is 0.750. The molecular weight excluding hydrogens is 210 g/mol. The summed E-state index contributed by atoms with van der Waals surface area (Å²) < 4.78 is 0. The molecule has 0 bridgehead atoms. The Morgan fingerprint density at radius 1 is 1.24 bits per heavy atom. The first-order valence-corrected chi connectivity index (χ1v) is 5.97. The van der Waals surface area contributed by atoms with E-state index in [1.807, 2.05) is 13.0 Å². The van der Waals surface area contributed by atoms with Crippen LogP contribution >= 0.6 is 0 Å². The Morgan fingerprint density at radius 2 is 2.12 bits per heavy atom. The highest BCUT2D eigenvalue weighted by molar-refractivity contribution is 5.40. The average Bonchev–Trinajstić information content (AvgIpc) is 2.73. The standard InChI is InChI=1S/C14H15N3/c1-10-8-9-15-14(16-10)17-13-7-6-11-4-2-3-5-12(11)13/h2-5,8-9,13H,6-7H2,1H3,(H,15,16,17)/t13-/m0/s1. The Bertz CT molecular complexity index is 536. The van der Waals surface area contributed by atoms with Crippen molar-refractivity contribution in [1.82, 2.24) is 9.97 Å². The lowest BCUT2D eigenvalue weighted by Gasteiger charge is -2.13. The molecule has 0 radical (unpaired) electrons. The third-order valence-corrected chi connectivity index (χ3v) is 3.23. The Morgan fingerprint density at radius 3 is 3.00 bits per heavy atom. The number of nitrogens with zero attached hydrogens (tertiary/aromatic N) is 2. The lowest BCUT2D eigenvalue weighted by Crippen LogP contribution is -2.10. The molecule has 1 aliphatic rings. The number of aryl methyl sites for hydroxylation is 2. The van der Waals surface area contributed by atoms with Crippen LogP contribution in [0.5, 0.6) is 0 Å². The molecule has 1 aromatic carbocycles. The van der Waals surface area contributed by atoms with Crippen LogP contribution < -0.4 is 5.32 Å². The van der Waals surface area contributed by atoms with E-state index in [1.165, 1.54) is 11.1 Å². The molecule has 1 atom stereocenters. The largest absolute Gasteiger partial charge is 0.347 e. The Balaban J connectivity index is 1.84. The van der Waals surface area contributed by atoms with Gasteiger partial charge in [0.05, 0.1) is 6.04 Å². The smallest absolute Gasteiger partial charge is 0.223 e. The lowest BCUT2D eigenvalue weighted by atomic mass is 10.1. The maximum Gasteiger partial charge on any atom is 0.223 e. The first-order chi connectivity index (χ1) is 8.33. The summed E-state index contributed by atoms with van der Waals surface area (Å²) in [6.07, 6.45) is 4.06. The maximum atomic E-state index is 4.39. The zero-order valence-corrected chi connectivity index (χ0v) is 9.85. The van der Waals surface area contributed by atoms with E-state index >= 15 is 0 Å². The monoisotopic (exact) mass is 225 g/mol. The highest BCUT2D eigenvalue weighted by Crippen LogP contribution is 2.32. The van der Waals surface area contributed by atoms with Crippen molar-refractivity contribution in [2.75, 3.05) is 5.32 Å². The third-order valence-electron chi connectivity index (χ3n) is 3.23. The molecule has 1 heterocycles. The van der Waals surface area contributed by atoms with Crippen molar-refractivity contribution in [1.29, 1.82) is 0 Å². The van der Waals surface area contributed by atoms with Gasteiger partial charge in [-0.15, -0.1) is 0 Å². The Kier molecular flexibility index (Phi) is 2.52. The fourth-order valence-corrected chi connectivity index (χ4v) is 2.38. The van der Waals surface area contributed by atoms with Crippen LogP contribution in [0.3, 0.4) is 0 Å². The van der Waals surface area contributed by atoms with Gasteiger partial charge < -0.3 is 5.32 Å². The van der Waals surface area contributed by atoms with Gasteiger partial charge in [0.1, 0.15) is 0 Å². The van der Waals surface area contributed by atoms with Crippen molar-refractivity contribution in [3.8, 4) is 0 Å². The molecule has 3 rings (SSSR count). The molecule has 0 saturated heterocycles. The van der Waals surface area contributed by atoms with E-state index in [-0.39, 0.29) is 0 Å². The van der Waals surface area contributed by atoms with Crippen molar-refractivity contribution >= 4 is 5.95 Å². The Labute approximate surface area is 101 Å². The fourth-order valence-electron chi connectivity index (χ4n) is 2.38. The van der Waals surface area contributed by atoms with Crippen molar-refractivity contribution < 1.29 is 0 Å². The van der Waals surface area contributed by atoms with Crippen molar-refractivity contribution in [2.45, 2.75) is 25.8 Å². The number of anilines is 1. The molecule has 3 nitrogen and oxygen atoms in total. The predicted octanol–water partition coefficient (Wildman–Crippen LogP) is 2.88. The molecule has 0 aliphatic heterocycles. The van der Waals surface area contributed by atoms with E-state index < -0.39 is 0 Å². The van der Waals surface area contributed by atoms with Crippen LogP contribution in [0.25, 0.3) is 0 Å². The number of rotatable bonds is 2. The molecule has 3 heteroatoms. The quantitative estimate of drug-likeness (QED) is 0.854. The van der Waals surface area contributed by atoms with Gasteiger partial charge in [-0.3, -0.25) is 0 Å². The highest BCUT2D eigenvalue weighted by atomic mass is 15.1. The molecule has 1 aromatic heterocycles. The van der Waals surface area contributed by atoms with Crippen molar-refractivity contribution in [3.63, 3.8) is 0 Å². The summed E-state index contributed by atoms with van der Waals surface area (Å²) >= 11 is 0. The predicted molar refractivity (Wildman–Crippen MR) is 67.9 cm³/mol. The van der Waals surface area contributed by atoms with Gasteiger partial charge in [-0.2, -0.15) is 0 Å². The minimum Gasteiger partial charge on any atom is -0.347 e.